The van der Waals surface area contributed by atoms with Crippen LogP contribution in [0.1, 0.15) is 0 Å². The predicted molar refractivity (Wildman–Crippen MR) is 217 cm³/mol. The topological polar surface area (TPSA) is 21.1 Å². The van der Waals surface area contributed by atoms with Gasteiger partial charge in [0.1, 0.15) is 5.01 Å². The summed E-state index contributed by atoms with van der Waals surface area (Å²) in [6.07, 6.45) is 0. The summed E-state index contributed by atoms with van der Waals surface area (Å²) in [6.45, 7) is 0. The molecule has 3 nitrogen and oxygen atoms in total. The van der Waals surface area contributed by atoms with Gasteiger partial charge in [-0.05, 0) is 88.6 Å². The Bertz CT molecular complexity index is 2840. The number of nitrogens with zero attached hydrogens (tertiary/aromatic N) is 3. The fraction of sp³-hybridized carbons (Fsp3) is 0. The van der Waals surface area contributed by atoms with Crippen molar-refractivity contribution in [1.29, 1.82) is 0 Å². The number of aromatic nitrogens is 2. The van der Waals surface area contributed by atoms with E-state index in [0.717, 1.165) is 37.8 Å². The van der Waals surface area contributed by atoms with E-state index in [9.17, 15) is 0 Å². The van der Waals surface area contributed by atoms with Gasteiger partial charge in [0, 0.05) is 39.1 Å². The first-order valence-electron chi connectivity index (χ1n) is 17.2. The Morgan fingerprint density at radius 1 is 0.451 bits per heavy atom. The summed E-state index contributed by atoms with van der Waals surface area (Å²) in [5.41, 5.74) is 11.4. The second-order valence-corrected chi connectivity index (χ2v) is 13.9. The van der Waals surface area contributed by atoms with E-state index in [4.69, 9.17) is 4.98 Å². The summed E-state index contributed by atoms with van der Waals surface area (Å²) < 4.78 is 3.54. The largest absolute Gasteiger partial charge is 0.310 e. The number of anilines is 3. The van der Waals surface area contributed by atoms with Gasteiger partial charge < -0.3 is 9.47 Å². The number of thiazole rings is 1. The first-order chi connectivity index (χ1) is 25.3. The van der Waals surface area contributed by atoms with Gasteiger partial charge in [-0.1, -0.05) is 121 Å². The summed E-state index contributed by atoms with van der Waals surface area (Å²) in [7, 11) is 0. The van der Waals surface area contributed by atoms with E-state index >= 15 is 0 Å². The SMILES string of the molecule is c1ccc(-c2ccc(N(c3ccc4c(ccc5c4c4ccccc4n5-c4ccccc4)c3)c3ccc4nc(-c5ccccc5)sc4c3)cc2)cc1. The van der Waals surface area contributed by atoms with Crippen LogP contribution in [0.4, 0.5) is 17.1 Å². The van der Waals surface area contributed by atoms with Gasteiger partial charge in [-0.3, -0.25) is 0 Å². The zero-order valence-electron chi connectivity index (χ0n) is 27.6. The summed E-state index contributed by atoms with van der Waals surface area (Å²) in [5, 5.41) is 6.01. The van der Waals surface area contributed by atoms with E-state index in [2.05, 4.69) is 191 Å². The van der Waals surface area contributed by atoms with E-state index < -0.39 is 0 Å². The van der Waals surface area contributed by atoms with Gasteiger partial charge >= 0.3 is 0 Å². The molecule has 0 bridgehead atoms. The Balaban J connectivity index is 1.14. The van der Waals surface area contributed by atoms with Gasteiger partial charge in [0.25, 0.3) is 0 Å². The molecule has 0 saturated heterocycles. The molecule has 0 radical (unpaired) electrons. The zero-order chi connectivity index (χ0) is 33.7. The van der Waals surface area contributed by atoms with Gasteiger partial charge in [0.15, 0.2) is 0 Å². The maximum absolute atomic E-state index is 4.99. The molecule has 0 saturated carbocycles. The number of para-hydroxylation sites is 2. The molecular formula is C47H31N3S. The lowest BCUT2D eigenvalue weighted by Gasteiger charge is -2.26. The van der Waals surface area contributed by atoms with Crippen LogP contribution in [-0.2, 0) is 0 Å². The molecule has 0 atom stereocenters. The smallest absolute Gasteiger partial charge is 0.124 e. The van der Waals surface area contributed by atoms with Crippen molar-refractivity contribution in [2.45, 2.75) is 0 Å². The first-order valence-corrected chi connectivity index (χ1v) is 18.0. The average molecular weight is 670 g/mol. The summed E-state index contributed by atoms with van der Waals surface area (Å²) in [6, 6.07) is 67.4. The minimum absolute atomic E-state index is 1.01. The molecule has 8 aromatic carbocycles. The van der Waals surface area contributed by atoms with E-state index in [1.54, 1.807) is 11.3 Å². The quantitative estimate of drug-likeness (QED) is 0.176. The second kappa shape index (κ2) is 12.1. The molecule has 51 heavy (non-hydrogen) atoms. The van der Waals surface area contributed by atoms with Crippen LogP contribution in [-0.4, -0.2) is 9.55 Å². The molecule has 2 heterocycles. The number of rotatable bonds is 6. The Morgan fingerprint density at radius 3 is 1.86 bits per heavy atom. The van der Waals surface area contributed by atoms with Crippen molar-refractivity contribution in [3.05, 3.63) is 188 Å². The minimum atomic E-state index is 1.01. The molecule has 0 amide bonds. The van der Waals surface area contributed by atoms with Crippen LogP contribution >= 0.6 is 11.3 Å². The van der Waals surface area contributed by atoms with Gasteiger partial charge in [-0.2, -0.15) is 0 Å². The minimum Gasteiger partial charge on any atom is -0.310 e. The third kappa shape index (κ3) is 5.08. The van der Waals surface area contributed by atoms with Crippen LogP contribution < -0.4 is 4.90 Å². The number of fused-ring (bicyclic) bond motifs is 6. The fourth-order valence-electron chi connectivity index (χ4n) is 7.42. The standard InChI is InChI=1S/C47H31N3S/c1-4-12-32(13-5-1)33-20-23-37(24-21-33)49(39-26-28-42-45(31-39)51-47(48-42)34-14-6-2-7-15-34)38-25-27-40-35(30-38)22-29-44-46(40)41-18-10-11-19-43(41)50(44)36-16-8-3-9-17-36/h1-31H. The lowest BCUT2D eigenvalue weighted by molar-refractivity contribution is 1.18. The Labute approximate surface area is 299 Å². The molecule has 4 heteroatoms. The Kier molecular flexibility index (Phi) is 7.00. The molecule has 0 spiro atoms. The molecule has 0 N–H and O–H groups in total. The normalized spacial score (nSPS) is 11.5. The average Bonchev–Trinajstić information content (AvgIpc) is 3.79. The lowest BCUT2D eigenvalue weighted by atomic mass is 10.0. The van der Waals surface area contributed by atoms with Crippen molar-refractivity contribution in [3.8, 4) is 27.4 Å². The highest BCUT2D eigenvalue weighted by molar-refractivity contribution is 7.21. The highest BCUT2D eigenvalue weighted by atomic mass is 32.1. The van der Waals surface area contributed by atoms with Crippen LogP contribution in [0.25, 0.3) is 70.2 Å². The zero-order valence-corrected chi connectivity index (χ0v) is 28.5. The number of hydrogen-bond acceptors (Lipinski definition) is 3. The maximum atomic E-state index is 4.99. The van der Waals surface area contributed by atoms with Crippen LogP contribution in [0, 0.1) is 0 Å². The molecule has 0 fully saturated rings. The molecule has 10 aromatic rings. The van der Waals surface area contributed by atoms with Crippen molar-refractivity contribution in [2.24, 2.45) is 0 Å². The van der Waals surface area contributed by atoms with Crippen molar-refractivity contribution >= 4 is 71.2 Å². The summed E-state index contributed by atoms with van der Waals surface area (Å²) >= 11 is 1.74. The number of hydrogen-bond donors (Lipinski definition) is 0. The highest BCUT2D eigenvalue weighted by Crippen LogP contribution is 2.42. The maximum Gasteiger partial charge on any atom is 0.124 e. The predicted octanol–water partition coefficient (Wildman–Crippen LogP) is 13.4. The third-order valence-electron chi connectivity index (χ3n) is 9.79. The van der Waals surface area contributed by atoms with Gasteiger partial charge in [-0.25, -0.2) is 4.98 Å². The molecule has 240 valence electrons. The molecule has 0 unspecified atom stereocenters. The van der Waals surface area contributed by atoms with Crippen molar-refractivity contribution in [1.82, 2.24) is 9.55 Å². The molecular weight excluding hydrogens is 639 g/mol. The molecule has 10 rings (SSSR count). The second-order valence-electron chi connectivity index (χ2n) is 12.8. The Hall–Kier alpha value is -6.49. The lowest BCUT2D eigenvalue weighted by Crippen LogP contribution is -2.09. The van der Waals surface area contributed by atoms with E-state index in [1.165, 1.54) is 49.4 Å². The number of benzene rings is 8. The van der Waals surface area contributed by atoms with Gasteiger partial charge in [-0.15, -0.1) is 11.3 Å². The van der Waals surface area contributed by atoms with Crippen LogP contribution in [0.2, 0.25) is 0 Å². The van der Waals surface area contributed by atoms with Crippen molar-refractivity contribution in [3.63, 3.8) is 0 Å². The van der Waals surface area contributed by atoms with Crippen LogP contribution in [0.5, 0.6) is 0 Å². The summed E-state index contributed by atoms with van der Waals surface area (Å²) in [4.78, 5) is 7.36. The fourth-order valence-corrected chi connectivity index (χ4v) is 8.42. The van der Waals surface area contributed by atoms with Crippen LogP contribution in [0.15, 0.2) is 188 Å². The summed E-state index contributed by atoms with van der Waals surface area (Å²) in [5.74, 6) is 0. The van der Waals surface area contributed by atoms with Crippen molar-refractivity contribution < 1.29 is 0 Å². The molecule has 2 aromatic heterocycles. The van der Waals surface area contributed by atoms with E-state index in [1.807, 2.05) is 6.07 Å². The Morgan fingerprint density at radius 2 is 1.08 bits per heavy atom. The van der Waals surface area contributed by atoms with Gasteiger partial charge in [0.05, 0.1) is 21.3 Å². The van der Waals surface area contributed by atoms with Crippen molar-refractivity contribution in [2.75, 3.05) is 4.90 Å². The highest BCUT2D eigenvalue weighted by Gasteiger charge is 2.18. The van der Waals surface area contributed by atoms with E-state index in [0.29, 0.717) is 0 Å². The molecule has 0 aliphatic heterocycles. The van der Waals surface area contributed by atoms with E-state index in [-0.39, 0.29) is 0 Å². The van der Waals surface area contributed by atoms with Crippen LogP contribution in [0.3, 0.4) is 0 Å². The molecule has 0 aliphatic carbocycles. The monoisotopic (exact) mass is 669 g/mol. The third-order valence-corrected chi connectivity index (χ3v) is 10.9. The molecule has 0 aliphatic rings. The van der Waals surface area contributed by atoms with Gasteiger partial charge in [0.2, 0.25) is 0 Å². The first kappa shape index (κ1) is 29.4.